The van der Waals surface area contributed by atoms with E-state index in [-0.39, 0.29) is 29.3 Å². The molecule has 0 radical (unpaired) electrons. The molecule has 5 rings (SSSR count). The number of benzene rings is 2. The number of nitrogens with zero attached hydrogens (tertiary/aromatic N) is 1. The topological polar surface area (TPSA) is 65.6 Å². The lowest BCUT2D eigenvalue weighted by Gasteiger charge is -2.22. The summed E-state index contributed by atoms with van der Waals surface area (Å²) in [6, 6.07) is 16.9. The van der Waals surface area contributed by atoms with Crippen LogP contribution >= 0.6 is 0 Å². The van der Waals surface area contributed by atoms with Gasteiger partial charge >= 0.3 is 0 Å². The summed E-state index contributed by atoms with van der Waals surface area (Å²) in [5.41, 5.74) is 3.76. The predicted octanol–water partition coefficient (Wildman–Crippen LogP) is 4.35. The second kappa shape index (κ2) is 5.06. The van der Waals surface area contributed by atoms with Crippen molar-refractivity contribution < 1.29 is 15.3 Å². The molecule has 2 aliphatic rings. The van der Waals surface area contributed by atoms with Gasteiger partial charge in [0.05, 0.1) is 5.69 Å². The van der Waals surface area contributed by atoms with Crippen LogP contribution in [-0.4, -0.2) is 19.9 Å². The molecule has 2 aromatic carbocycles. The van der Waals surface area contributed by atoms with Gasteiger partial charge in [0, 0.05) is 11.1 Å². The zero-order chi connectivity index (χ0) is 17.1. The number of fused-ring (bicyclic) bond motifs is 5. The summed E-state index contributed by atoms with van der Waals surface area (Å²) in [4.78, 5) is 0. The number of rotatable bonds is 2. The van der Waals surface area contributed by atoms with E-state index in [2.05, 4.69) is 24.3 Å². The van der Waals surface area contributed by atoms with Gasteiger partial charge in [-0.1, -0.05) is 30.3 Å². The second-order valence-electron chi connectivity index (χ2n) is 7.12. The van der Waals surface area contributed by atoms with E-state index < -0.39 is 0 Å². The second-order valence-corrected chi connectivity index (χ2v) is 7.12. The summed E-state index contributed by atoms with van der Waals surface area (Å²) >= 11 is 0. The van der Waals surface area contributed by atoms with Crippen LogP contribution in [0.25, 0.3) is 5.69 Å². The van der Waals surface area contributed by atoms with Crippen molar-refractivity contribution in [3.8, 4) is 23.2 Å². The number of hydrogen-bond donors (Lipinski definition) is 3. The lowest BCUT2D eigenvalue weighted by atomic mass is 9.81. The van der Waals surface area contributed by atoms with Gasteiger partial charge in [-0.15, -0.1) is 0 Å². The first-order valence-corrected chi connectivity index (χ1v) is 8.66. The third-order valence-electron chi connectivity index (χ3n) is 5.87. The first-order chi connectivity index (χ1) is 12.1. The molecule has 0 saturated heterocycles. The number of aromatic hydroxyl groups is 3. The Morgan fingerprint density at radius 2 is 1.36 bits per heavy atom. The van der Waals surface area contributed by atoms with Crippen LogP contribution in [0.5, 0.6) is 17.5 Å². The number of phenolic OH excluding ortho intramolecular Hbond substituents is 1. The van der Waals surface area contributed by atoms with Gasteiger partial charge < -0.3 is 15.3 Å². The fourth-order valence-electron chi connectivity index (χ4n) is 4.86. The van der Waals surface area contributed by atoms with Crippen molar-refractivity contribution in [2.75, 3.05) is 0 Å². The number of aromatic nitrogens is 1. The average molecular weight is 333 g/mol. The molecule has 3 unspecified atom stereocenters. The fourth-order valence-corrected chi connectivity index (χ4v) is 4.86. The Hall–Kier alpha value is -2.88. The van der Waals surface area contributed by atoms with Crippen molar-refractivity contribution in [1.29, 1.82) is 0 Å². The van der Waals surface area contributed by atoms with Gasteiger partial charge in [-0.25, -0.2) is 0 Å². The van der Waals surface area contributed by atoms with E-state index in [1.165, 1.54) is 10.1 Å². The normalized spacial score (nSPS) is 23.8. The first-order valence-electron chi connectivity index (χ1n) is 8.66. The van der Waals surface area contributed by atoms with Crippen LogP contribution in [0.1, 0.15) is 47.3 Å². The highest BCUT2D eigenvalue weighted by Crippen LogP contribution is 2.65. The standard InChI is InChI=1S/C21H19NO3/c23-15-8-6-14(7-9-15)22-20(24)18-13-10-16(12-4-2-1-3-5-12)17(11-13)19(18)21(22)25/h1-9,13,16-17,23-25H,10-11H2. The van der Waals surface area contributed by atoms with Gasteiger partial charge in [-0.3, -0.25) is 4.57 Å². The Bertz CT molecular complexity index is 944. The van der Waals surface area contributed by atoms with E-state index in [4.69, 9.17) is 0 Å². The Labute approximate surface area is 145 Å². The highest BCUT2D eigenvalue weighted by molar-refractivity contribution is 5.61. The molecular formula is C21H19NO3. The Kier molecular flexibility index (Phi) is 2.93. The van der Waals surface area contributed by atoms with Crippen LogP contribution in [0.4, 0.5) is 0 Å². The molecule has 1 heterocycles. The molecule has 126 valence electrons. The molecular weight excluding hydrogens is 314 g/mol. The molecule has 0 aliphatic heterocycles. The van der Waals surface area contributed by atoms with Crippen LogP contribution in [0.3, 0.4) is 0 Å². The molecule has 3 N–H and O–H groups in total. The van der Waals surface area contributed by atoms with E-state index >= 15 is 0 Å². The molecule has 2 bridgehead atoms. The average Bonchev–Trinajstić information content (AvgIpc) is 3.29. The van der Waals surface area contributed by atoms with Crippen LogP contribution < -0.4 is 0 Å². The molecule has 4 nitrogen and oxygen atoms in total. The lowest BCUT2D eigenvalue weighted by Crippen LogP contribution is -2.07. The lowest BCUT2D eigenvalue weighted by molar-refractivity contribution is 0.394. The van der Waals surface area contributed by atoms with Crippen LogP contribution in [-0.2, 0) is 0 Å². The van der Waals surface area contributed by atoms with Gasteiger partial charge in [0.1, 0.15) is 5.75 Å². The molecule has 1 saturated carbocycles. The quantitative estimate of drug-likeness (QED) is 0.653. The minimum atomic E-state index is 0.131. The highest BCUT2D eigenvalue weighted by Gasteiger charge is 2.49. The van der Waals surface area contributed by atoms with E-state index in [1.54, 1.807) is 24.3 Å². The largest absolute Gasteiger partial charge is 0.508 e. The van der Waals surface area contributed by atoms with E-state index in [0.29, 0.717) is 11.6 Å². The molecule has 1 aromatic heterocycles. The van der Waals surface area contributed by atoms with Gasteiger partial charge in [-0.2, -0.15) is 0 Å². The monoisotopic (exact) mass is 333 g/mol. The van der Waals surface area contributed by atoms with Crippen LogP contribution in [0.2, 0.25) is 0 Å². The van der Waals surface area contributed by atoms with Gasteiger partial charge in [0.25, 0.3) is 0 Å². The van der Waals surface area contributed by atoms with E-state index in [0.717, 1.165) is 24.0 Å². The van der Waals surface area contributed by atoms with Crippen molar-refractivity contribution in [1.82, 2.24) is 4.57 Å². The van der Waals surface area contributed by atoms with Gasteiger partial charge in [0.15, 0.2) is 0 Å². The van der Waals surface area contributed by atoms with E-state index in [1.807, 2.05) is 6.07 Å². The SMILES string of the molecule is Oc1ccc(-n2c(O)c3c(c2O)C2CC3CC2c2ccccc2)cc1. The smallest absolute Gasteiger partial charge is 0.202 e. The summed E-state index contributed by atoms with van der Waals surface area (Å²) in [5, 5.41) is 31.1. The van der Waals surface area contributed by atoms with Gasteiger partial charge in [-0.05, 0) is 60.4 Å². The van der Waals surface area contributed by atoms with Crippen molar-refractivity contribution in [3.63, 3.8) is 0 Å². The predicted molar refractivity (Wildman–Crippen MR) is 94.7 cm³/mol. The highest BCUT2D eigenvalue weighted by atomic mass is 16.3. The van der Waals surface area contributed by atoms with Crippen molar-refractivity contribution in [3.05, 3.63) is 71.3 Å². The Balaban J connectivity index is 1.62. The van der Waals surface area contributed by atoms with Gasteiger partial charge in [0.2, 0.25) is 11.8 Å². The fraction of sp³-hybridized carbons (Fsp3) is 0.238. The zero-order valence-corrected chi connectivity index (χ0v) is 13.6. The molecule has 25 heavy (non-hydrogen) atoms. The minimum absolute atomic E-state index is 0.131. The molecule has 1 fully saturated rings. The van der Waals surface area contributed by atoms with Crippen molar-refractivity contribution in [2.45, 2.75) is 30.6 Å². The Morgan fingerprint density at radius 3 is 2.08 bits per heavy atom. The van der Waals surface area contributed by atoms with Crippen molar-refractivity contribution in [2.24, 2.45) is 0 Å². The summed E-state index contributed by atoms with van der Waals surface area (Å²) in [7, 11) is 0. The van der Waals surface area contributed by atoms with Crippen molar-refractivity contribution >= 4 is 0 Å². The molecule has 2 aliphatic carbocycles. The summed E-state index contributed by atoms with van der Waals surface area (Å²) < 4.78 is 1.50. The molecule has 0 amide bonds. The Morgan fingerprint density at radius 1 is 0.720 bits per heavy atom. The van der Waals surface area contributed by atoms with E-state index in [9.17, 15) is 15.3 Å². The maximum Gasteiger partial charge on any atom is 0.202 e. The van der Waals surface area contributed by atoms with Crippen LogP contribution in [0.15, 0.2) is 54.6 Å². The number of hydrogen-bond acceptors (Lipinski definition) is 3. The molecule has 4 heteroatoms. The molecule has 3 aromatic rings. The maximum atomic E-state index is 10.9. The number of phenols is 1. The van der Waals surface area contributed by atoms with Crippen LogP contribution in [0, 0.1) is 0 Å². The third kappa shape index (κ3) is 1.94. The first kappa shape index (κ1) is 14.5. The summed E-state index contributed by atoms with van der Waals surface area (Å²) in [6.07, 6.45) is 2.00. The maximum absolute atomic E-state index is 10.9. The molecule has 3 atom stereocenters. The summed E-state index contributed by atoms with van der Waals surface area (Å²) in [5.74, 6) is 1.34. The summed E-state index contributed by atoms with van der Waals surface area (Å²) in [6.45, 7) is 0. The minimum Gasteiger partial charge on any atom is -0.508 e. The third-order valence-corrected chi connectivity index (χ3v) is 5.87. The zero-order valence-electron chi connectivity index (χ0n) is 13.6. The molecule has 0 spiro atoms.